The normalized spacial score (nSPS) is 11.9. The van der Waals surface area contributed by atoms with Crippen LogP contribution in [0.4, 0.5) is 0 Å². The van der Waals surface area contributed by atoms with Crippen molar-refractivity contribution in [3.63, 3.8) is 0 Å². The number of halogens is 1. The summed E-state index contributed by atoms with van der Waals surface area (Å²) in [5.74, 6) is 0.271. The van der Waals surface area contributed by atoms with Gasteiger partial charge in [0.25, 0.3) is 0 Å². The van der Waals surface area contributed by atoms with Crippen LogP contribution in [0.3, 0.4) is 0 Å². The van der Waals surface area contributed by atoms with Crippen molar-refractivity contribution in [3.8, 4) is 10.4 Å². The SMILES string of the molecule is CC(C)CC(=Cc1ccc(-c2ccc(Br)cc2)s1)[N+](=O)[O-]. The lowest BCUT2D eigenvalue weighted by molar-refractivity contribution is -0.427. The molecule has 0 amide bonds. The number of nitro groups is 1. The van der Waals surface area contributed by atoms with E-state index in [4.69, 9.17) is 0 Å². The van der Waals surface area contributed by atoms with Crippen molar-refractivity contribution in [1.29, 1.82) is 0 Å². The first-order valence-electron chi connectivity index (χ1n) is 6.66. The van der Waals surface area contributed by atoms with Gasteiger partial charge in [0.1, 0.15) is 0 Å². The molecule has 2 aromatic rings. The molecule has 3 nitrogen and oxygen atoms in total. The first kappa shape index (κ1) is 15.9. The van der Waals surface area contributed by atoms with Gasteiger partial charge in [0, 0.05) is 26.7 Å². The van der Waals surface area contributed by atoms with E-state index in [0.29, 0.717) is 6.42 Å². The molecule has 0 saturated carbocycles. The molecular weight excluding hydrogens is 350 g/mol. The lowest BCUT2D eigenvalue weighted by Gasteiger charge is -2.01. The monoisotopic (exact) mass is 365 g/mol. The molecule has 1 aromatic heterocycles. The van der Waals surface area contributed by atoms with Gasteiger partial charge in [0.05, 0.1) is 4.92 Å². The predicted octanol–water partition coefficient (Wildman–Crippen LogP) is 5.84. The molecule has 0 atom stereocenters. The molecule has 2 rings (SSSR count). The number of benzene rings is 1. The van der Waals surface area contributed by atoms with Crippen LogP contribution in [0.1, 0.15) is 25.1 Å². The third-order valence-corrected chi connectivity index (χ3v) is 4.53. The molecule has 0 aliphatic carbocycles. The summed E-state index contributed by atoms with van der Waals surface area (Å²) >= 11 is 4.98. The van der Waals surface area contributed by atoms with Crippen LogP contribution >= 0.6 is 27.3 Å². The van der Waals surface area contributed by atoms with Gasteiger partial charge in [-0.15, -0.1) is 11.3 Å². The van der Waals surface area contributed by atoms with Crippen molar-refractivity contribution in [1.82, 2.24) is 0 Å². The molecule has 0 spiro atoms. The maximum absolute atomic E-state index is 11.1. The quantitative estimate of drug-likeness (QED) is 0.493. The number of nitrogens with zero attached hydrogens (tertiary/aromatic N) is 1. The second-order valence-corrected chi connectivity index (χ2v) is 7.23. The molecule has 5 heteroatoms. The van der Waals surface area contributed by atoms with Crippen molar-refractivity contribution in [2.24, 2.45) is 5.92 Å². The zero-order valence-corrected chi connectivity index (χ0v) is 14.3. The summed E-state index contributed by atoms with van der Waals surface area (Å²) < 4.78 is 1.04. The molecule has 0 saturated heterocycles. The van der Waals surface area contributed by atoms with Gasteiger partial charge in [-0.05, 0) is 35.7 Å². The van der Waals surface area contributed by atoms with E-state index in [1.54, 1.807) is 17.4 Å². The number of hydrogen-bond donors (Lipinski definition) is 0. The van der Waals surface area contributed by atoms with E-state index < -0.39 is 0 Å². The van der Waals surface area contributed by atoms with E-state index in [-0.39, 0.29) is 16.5 Å². The Hall–Kier alpha value is -1.46. The fourth-order valence-corrected chi connectivity index (χ4v) is 3.21. The van der Waals surface area contributed by atoms with E-state index in [2.05, 4.69) is 15.9 Å². The summed E-state index contributed by atoms with van der Waals surface area (Å²) in [7, 11) is 0. The summed E-state index contributed by atoms with van der Waals surface area (Å²) in [6, 6.07) is 12.0. The van der Waals surface area contributed by atoms with Gasteiger partial charge < -0.3 is 0 Å². The highest BCUT2D eigenvalue weighted by Gasteiger charge is 2.14. The lowest BCUT2D eigenvalue weighted by Crippen LogP contribution is -2.01. The molecule has 0 N–H and O–H groups in total. The van der Waals surface area contributed by atoms with Gasteiger partial charge in [-0.3, -0.25) is 10.1 Å². The smallest absolute Gasteiger partial charge is 0.247 e. The van der Waals surface area contributed by atoms with Gasteiger partial charge in [-0.25, -0.2) is 0 Å². The van der Waals surface area contributed by atoms with Gasteiger partial charge in [0.15, 0.2) is 0 Å². The highest BCUT2D eigenvalue weighted by atomic mass is 79.9. The fourth-order valence-electron chi connectivity index (χ4n) is 1.97. The highest BCUT2D eigenvalue weighted by molar-refractivity contribution is 9.10. The van der Waals surface area contributed by atoms with Gasteiger partial charge in [0.2, 0.25) is 5.70 Å². The van der Waals surface area contributed by atoms with Gasteiger partial charge in [-0.2, -0.15) is 0 Å². The standard InChI is InChI=1S/C16H16BrNO2S/c1-11(2)9-14(18(19)20)10-15-7-8-16(21-15)12-3-5-13(17)6-4-12/h3-8,10-11H,9H2,1-2H3. The summed E-state index contributed by atoms with van der Waals surface area (Å²) in [5, 5.41) is 11.1. The molecule has 0 aliphatic rings. The van der Waals surface area contributed by atoms with Crippen LogP contribution in [0.15, 0.2) is 46.6 Å². The summed E-state index contributed by atoms with van der Waals surface area (Å²) in [6.45, 7) is 3.97. The van der Waals surface area contributed by atoms with Crippen LogP contribution < -0.4 is 0 Å². The Balaban J connectivity index is 2.26. The largest absolute Gasteiger partial charge is 0.259 e. The van der Waals surface area contributed by atoms with E-state index >= 15 is 0 Å². The Morgan fingerprint density at radius 3 is 2.52 bits per heavy atom. The van der Waals surface area contributed by atoms with E-state index in [1.165, 1.54) is 0 Å². The molecule has 1 aromatic carbocycles. The maximum Gasteiger partial charge on any atom is 0.247 e. The Kier molecular flexibility index (Phi) is 5.31. The van der Waals surface area contributed by atoms with Crippen LogP contribution in [0, 0.1) is 16.0 Å². The van der Waals surface area contributed by atoms with E-state index in [1.807, 2.05) is 50.2 Å². The first-order chi connectivity index (χ1) is 9.95. The van der Waals surface area contributed by atoms with Crippen molar-refractivity contribution in [3.05, 3.63) is 61.6 Å². The molecule has 21 heavy (non-hydrogen) atoms. The van der Waals surface area contributed by atoms with Crippen LogP contribution in [-0.4, -0.2) is 4.92 Å². The molecule has 0 bridgehead atoms. The first-order valence-corrected chi connectivity index (χ1v) is 8.27. The van der Waals surface area contributed by atoms with Crippen molar-refractivity contribution >= 4 is 33.3 Å². The molecule has 1 heterocycles. The minimum atomic E-state index is -0.279. The second-order valence-electron chi connectivity index (χ2n) is 5.20. The Morgan fingerprint density at radius 1 is 1.29 bits per heavy atom. The average Bonchev–Trinajstić information content (AvgIpc) is 2.87. The molecule has 110 valence electrons. The Morgan fingerprint density at radius 2 is 1.95 bits per heavy atom. The molecule has 0 aliphatic heterocycles. The number of allylic oxidation sites excluding steroid dienone is 1. The topological polar surface area (TPSA) is 43.1 Å². The summed E-state index contributed by atoms with van der Waals surface area (Å²) in [4.78, 5) is 12.8. The molecular formula is C16H16BrNO2S. The minimum Gasteiger partial charge on any atom is -0.259 e. The fraction of sp³-hybridized carbons (Fsp3) is 0.250. The van der Waals surface area contributed by atoms with Crippen molar-refractivity contribution < 1.29 is 4.92 Å². The van der Waals surface area contributed by atoms with Crippen LogP contribution in [0.2, 0.25) is 0 Å². The predicted molar refractivity (Wildman–Crippen MR) is 91.9 cm³/mol. The Bertz CT molecular complexity index is 659. The average molecular weight is 366 g/mol. The number of thiophene rings is 1. The molecule has 0 fully saturated rings. The third kappa shape index (κ3) is 4.51. The second kappa shape index (κ2) is 7.00. The lowest BCUT2D eigenvalue weighted by atomic mass is 10.1. The van der Waals surface area contributed by atoms with Crippen molar-refractivity contribution in [2.45, 2.75) is 20.3 Å². The number of hydrogen-bond acceptors (Lipinski definition) is 3. The summed E-state index contributed by atoms with van der Waals surface area (Å²) in [6.07, 6.45) is 2.17. The van der Waals surface area contributed by atoms with E-state index in [9.17, 15) is 10.1 Å². The molecule has 0 unspecified atom stereocenters. The number of rotatable bonds is 5. The minimum absolute atomic E-state index is 0.271. The van der Waals surface area contributed by atoms with Gasteiger partial charge in [-0.1, -0.05) is 41.9 Å². The van der Waals surface area contributed by atoms with Crippen LogP contribution in [0.5, 0.6) is 0 Å². The maximum atomic E-state index is 11.1. The zero-order valence-electron chi connectivity index (χ0n) is 11.9. The highest BCUT2D eigenvalue weighted by Crippen LogP contribution is 2.30. The van der Waals surface area contributed by atoms with Crippen molar-refractivity contribution in [2.75, 3.05) is 0 Å². The molecule has 0 radical (unpaired) electrons. The van der Waals surface area contributed by atoms with Crippen LogP contribution in [-0.2, 0) is 0 Å². The Labute approximate surface area is 136 Å². The van der Waals surface area contributed by atoms with Gasteiger partial charge >= 0.3 is 0 Å². The third-order valence-electron chi connectivity index (χ3n) is 2.92. The summed E-state index contributed by atoms with van der Waals surface area (Å²) in [5.41, 5.74) is 1.39. The zero-order chi connectivity index (χ0) is 15.4. The van der Waals surface area contributed by atoms with E-state index in [0.717, 1.165) is 19.8 Å². The van der Waals surface area contributed by atoms with Crippen LogP contribution in [0.25, 0.3) is 16.5 Å².